The summed E-state index contributed by atoms with van der Waals surface area (Å²) in [5.41, 5.74) is 3.19. The highest BCUT2D eigenvalue weighted by Gasteiger charge is 2.08. The number of nitrogens with zero attached hydrogens (tertiary/aromatic N) is 3. The lowest BCUT2D eigenvalue weighted by Gasteiger charge is -1.97. The number of benzene rings is 1. The van der Waals surface area contributed by atoms with Crippen LogP contribution in [0.5, 0.6) is 0 Å². The van der Waals surface area contributed by atoms with Crippen LogP contribution >= 0.6 is 0 Å². The van der Waals surface area contributed by atoms with Crippen molar-refractivity contribution >= 4 is 11.6 Å². The molecule has 0 fully saturated rings. The molecule has 1 N–H and O–H groups in total. The Hall–Kier alpha value is -2.69. The lowest BCUT2D eigenvalue weighted by Crippen LogP contribution is -1.99. The quantitative estimate of drug-likeness (QED) is 0.790. The SMILES string of the molecule is Cc1ccc(Cc2nc3ccc(C(=O)O)cn3n2)cc1. The predicted octanol–water partition coefficient (Wildman–Crippen LogP) is 2.33. The van der Waals surface area contributed by atoms with Gasteiger partial charge in [0.25, 0.3) is 0 Å². The Labute approximate surface area is 115 Å². The molecule has 3 rings (SSSR count). The van der Waals surface area contributed by atoms with Gasteiger partial charge in [-0.25, -0.2) is 14.3 Å². The number of carbonyl (C=O) groups is 1. The zero-order valence-electron chi connectivity index (χ0n) is 10.9. The van der Waals surface area contributed by atoms with Gasteiger partial charge in [-0.15, -0.1) is 0 Å². The van der Waals surface area contributed by atoms with Gasteiger partial charge in [-0.05, 0) is 24.6 Å². The molecule has 0 aliphatic heterocycles. The first-order chi connectivity index (χ1) is 9.61. The lowest BCUT2D eigenvalue weighted by molar-refractivity contribution is 0.0696. The van der Waals surface area contributed by atoms with Crippen LogP contribution in [0, 0.1) is 6.92 Å². The number of aryl methyl sites for hydroxylation is 1. The number of carboxylic acid groups (broad SMARTS) is 1. The van der Waals surface area contributed by atoms with E-state index in [1.807, 2.05) is 31.2 Å². The molecular formula is C15H13N3O2. The number of pyridine rings is 1. The topological polar surface area (TPSA) is 67.5 Å². The number of hydrogen-bond acceptors (Lipinski definition) is 3. The largest absolute Gasteiger partial charge is 0.478 e. The molecule has 2 aromatic heterocycles. The van der Waals surface area contributed by atoms with Crippen LogP contribution in [0.15, 0.2) is 42.6 Å². The van der Waals surface area contributed by atoms with Gasteiger partial charge in [-0.2, -0.15) is 5.10 Å². The molecule has 0 bridgehead atoms. The Balaban J connectivity index is 1.92. The minimum Gasteiger partial charge on any atom is -0.478 e. The Kier molecular flexibility index (Phi) is 2.95. The molecule has 100 valence electrons. The van der Waals surface area contributed by atoms with Crippen molar-refractivity contribution in [3.63, 3.8) is 0 Å². The van der Waals surface area contributed by atoms with E-state index in [1.165, 1.54) is 22.3 Å². The van der Waals surface area contributed by atoms with Crippen molar-refractivity contribution in [3.05, 3.63) is 65.1 Å². The molecule has 1 aromatic carbocycles. The van der Waals surface area contributed by atoms with E-state index in [-0.39, 0.29) is 5.56 Å². The summed E-state index contributed by atoms with van der Waals surface area (Å²) in [6, 6.07) is 11.4. The first kappa shape index (κ1) is 12.3. The zero-order valence-corrected chi connectivity index (χ0v) is 10.9. The Morgan fingerprint density at radius 3 is 2.65 bits per heavy atom. The van der Waals surface area contributed by atoms with Gasteiger partial charge in [0.1, 0.15) is 0 Å². The van der Waals surface area contributed by atoms with Crippen LogP contribution in [-0.2, 0) is 6.42 Å². The first-order valence-corrected chi connectivity index (χ1v) is 6.26. The number of rotatable bonds is 3. The average Bonchev–Trinajstić information content (AvgIpc) is 2.82. The second kappa shape index (κ2) is 4.77. The lowest BCUT2D eigenvalue weighted by atomic mass is 10.1. The molecule has 0 aliphatic carbocycles. The van der Waals surface area contributed by atoms with E-state index in [0.29, 0.717) is 17.9 Å². The Bertz CT molecular complexity index is 775. The molecule has 0 amide bonds. The molecule has 0 saturated heterocycles. The summed E-state index contributed by atoms with van der Waals surface area (Å²) in [7, 11) is 0. The third kappa shape index (κ3) is 2.38. The molecule has 5 heteroatoms. The summed E-state index contributed by atoms with van der Waals surface area (Å²) < 4.78 is 1.51. The van der Waals surface area contributed by atoms with Gasteiger partial charge in [-0.3, -0.25) is 0 Å². The maximum absolute atomic E-state index is 10.9. The fourth-order valence-electron chi connectivity index (χ4n) is 2.02. The molecule has 0 atom stereocenters. The summed E-state index contributed by atoms with van der Waals surface area (Å²) in [6.45, 7) is 2.04. The summed E-state index contributed by atoms with van der Waals surface area (Å²) in [4.78, 5) is 15.3. The number of aromatic nitrogens is 3. The summed E-state index contributed by atoms with van der Waals surface area (Å²) in [5.74, 6) is -0.293. The van der Waals surface area contributed by atoms with E-state index >= 15 is 0 Å². The van der Waals surface area contributed by atoms with Crippen LogP contribution < -0.4 is 0 Å². The zero-order chi connectivity index (χ0) is 14.1. The monoisotopic (exact) mass is 267 g/mol. The van der Waals surface area contributed by atoms with Gasteiger partial charge >= 0.3 is 5.97 Å². The van der Waals surface area contributed by atoms with Crippen LogP contribution in [0.25, 0.3) is 5.65 Å². The normalized spacial score (nSPS) is 10.8. The third-order valence-corrected chi connectivity index (χ3v) is 3.10. The minimum absolute atomic E-state index is 0.198. The van der Waals surface area contributed by atoms with Crippen LogP contribution in [0.1, 0.15) is 27.3 Å². The van der Waals surface area contributed by atoms with Gasteiger partial charge in [0.05, 0.1) is 5.56 Å². The smallest absolute Gasteiger partial charge is 0.337 e. The van der Waals surface area contributed by atoms with E-state index < -0.39 is 5.97 Å². The van der Waals surface area contributed by atoms with Crippen LogP contribution in [-0.4, -0.2) is 25.7 Å². The van der Waals surface area contributed by atoms with Crippen molar-refractivity contribution in [1.29, 1.82) is 0 Å². The maximum atomic E-state index is 10.9. The van der Waals surface area contributed by atoms with Crippen LogP contribution in [0.3, 0.4) is 0 Å². The van der Waals surface area contributed by atoms with E-state index in [0.717, 1.165) is 5.56 Å². The van der Waals surface area contributed by atoms with Crippen molar-refractivity contribution in [2.75, 3.05) is 0 Å². The molecule has 0 unspecified atom stereocenters. The maximum Gasteiger partial charge on any atom is 0.337 e. The number of aromatic carboxylic acids is 1. The molecule has 5 nitrogen and oxygen atoms in total. The molecule has 20 heavy (non-hydrogen) atoms. The second-order valence-corrected chi connectivity index (χ2v) is 4.72. The fourth-order valence-corrected chi connectivity index (χ4v) is 2.02. The fraction of sp³-hybridized carbons (Fsp3) is 0.133. The third-order valence-electron chi connectivity index (χ3n) is 3.10. The molecule has 0 spiro atoms. The summed E-state index contributed by atoms with van der Waals surface area (Å²) in [5, 5.41) is 13.3. The predicted molar refractivity (Wildman–Crippen MR) is 73.9 cm³/mol. The number of fused-ring (bicyclic) bond motifs is 1. The molecular weight excluding hydrogens is 254 g/mol. The first-order valence-electron chi connectivity index (χ1n) is 6.26. The molecule has 0 saturated carbocycles. The number of carboxylic acids is 1. The molecule has 3 aromatic rings. The van der Waals surface area contributed by atoms with Crippen molar-refractivity contribution in [3.8, 4) is 0 Å². The van der Waals surface area contributed by atoms with Gasteiger partial charge in [0.15, 0.2) is 11.5 Å². The highest BCUT2D eigenvalue weighted by Crippen LogP contribution is 2.10. The number of hydrogen-bond donors (Lipinski definition) is 1. The van der Waals surface area contributed by atoms with Crippen molar-refractivity contribution in [1.82, 2.24) is 14.6 Å². The van der Waals surface area contributed by atoms with Crippen LogP contribution in [0.4, 0.5) is 0 Å². The standard InChI is InChI=1S/C15H13N3O2/c1-10-2-4-11(5-3-10)8-13-16-14-7-6-12(15(19)20)9-18(14)17-13/h2-7,9H,8H2,1H3,(H,19,20). The van der Waals surface area contributed by atoms with E-state index in [1.54, 1.807) is 6.07 Å². The highest BCUT2D eigenvalue weighted by molar-refractivity contribution is 5.87. The average molecular weight is 267 g/mol. The highest BCUT2D eigenvalue weighted by atomic mass is 16.4. The summed E-state index contributed by atoms with van der Waals surface area (Å²) >= 11 is 0. The van der Waals surface area contributed by atoms with Crippen LogP contribution in [0.2, 0.25) is 0 Å². The van der Waals surface area contributed by atoms with Gasteiger partial charge in [-0.1, -0.05) is 29.8 Å². The van der Waals surface area contributed by atoms with E-state index in [4.69, 9.17) is 5.11 Å². The Morgan fingerprint density at radius 2 is 1.95 bits per heavy atom. The van der Waals surface area contributed by atoms with Crippen molar-refractivity contribution in [2.24, 2.45) is 0 Å². The van der Waals surface area contributed by atoms with Crippen molar-refractivity contribution < 1.29 is 9.90 Å². The minimum atomic E-state index is -0.970. The second-order valence-electron chi connectivity index (χ2n) is 4.72. The Morgan fingerprint density at radius 1 is 1.20 bits per heavy atom. The van der Waals surface area contributed by atoms with E-state index in [9.17, 15) is 4.79 Å². The molecule has 0 radical (unpaired) electrons. The molecule has 0 aliphatic rings. The van der Waals surface area contributed by atoms with Gasteiger partial charge < -0.3 is 5.11 Å². The van der Waals surface area contributed by atoms with Gasteiger partial charge in [0.2, 0.25) is 0 Å². The molecule has 2 heterocycles. The van der Waals surface area contributed by atoms with E-state index in [2.05, 4.69) is 10.1 Å². The summed E-state index contributed by atoms with van der Waals surface area (Å²) in [6.07, 6.45) is 2.10. The van der Waals surface area contributed by atoms with Gasteiger partial charge in [0, 0.05) is 12.6 Å². The van der Waals surface area contributed by atoms with Crippen molar-refractivity contribution in [2.45, 2.75) is 13.3 Å².